The van der Waals surface area contributed by atoms with E-state index in [1.165, 1.54) is 0 Å². The Labute approximate surface area is 130 Å². The van der Waals surface area contributed by atoms with Crippen LogP contribution in [-0.4, -0.2) is 34.7 Å². The zero-order valence-electron chi connectivity index (χ0n) is 11.9. The molecule has 1 saturated carbocycles. The molecule has 2 atom stereocenters. The zero-order valence-corrected chi connectivity index (χ0v) is 13.5. The monoisotopic (exact) mass is 369 g/mol. The Morgan fingerprint density at radius 1 is 1.29 bits per heavy atom. The smallest absolute Gasteiger partial charge is 0.383 e. The summed E-state index contributed by atoms with van der Waals surface area (Å²) in [4.78, 5) is 0. The largest absolute Gasteiger partial charge is 0.392 e. The molecular weight excluding hydrogens is 351 g/mol. The molecule has 1 aliphatic rings. The van der Waals surface area contributed by atoms with E-state index in [9.17, 15) is 13.2 Å². The molecule has 1 aromatic heterocycles. The first kappa shape index (κ1) is 16.7. The maximum atomic E-state index is 13.3. The Balaban J connectivity index is 2.31. The van der Waals surface area contributed by atoms with E-state index in [0.717, 1.165) is 6.42 Å². The van der Waals surface area contributed by atoms with Crippen LogP contribution in [0.4, 0.5) is 13.2 Å². The molecule has 0 N–H and O–H groups in total. The Morgan fingerprint density at radius 3 is 2.62 bits per heavy atom. The first-order chi connectivity index (χ1) is 9.99. The molecule has 4 nitrogen and oxygen atoms in total. The van der Waals surface area contributed by atoms with Gasteiger partial charge in [-0.1, -0.05) is 28.8 Å². The van der Waals surface area contributed by atoms with E-state index in [1.807, 2.05) is 0 Å². The summed E-state index contributed by atoms with van der Waals surface area (Å²) in [5.74, 6) is -0.826. The fourth-order valence-corrected chi connectivity index (χ4v) is 3.40. The van der Waals surface area contributed by atoms with Crippen molar-refractivity contribution >= 4 is 15.9 Å². The van der Waals surface area contributed by atoms with E-state index in [-0.39, 0.29) is 6.42 Å². The SMILES string of the molecule is COCCn1c(CBr)nnc1C1CCCCC1C(F)(F)F. The Kier molecular flexibility index (Phi) is 5.65. The van der Waals surface area contributed by atoms with Crippen molar-refractivity contribution in [2.75, 3.05) is 13.7 Å². The molecule has 120 valence electrons. The van der Waals surface area contributed by atoms with Crippen LogP contribution < -0.4 is 0 Å². The van der Waals surface area contributed by atoms with Gasteiger partial charge in [-0.2, -0.15) is 13.2 Å². The molecule has 0 saturated heterocycles. The minimum Gasteiger partial charge on any atom is -0.383 e. The molecule has 0 spiro atoms. The second-order valence-electron chi connectivity index (χ2n) is 5.29. The number of methoxy groups -OCH3 is 1. The van der Waals surface area contributed by atoms with Crippen molar-refractivity contribution in [2.24, 2.45) is 5.92 Å². The minimum atomic E-state index is -4.18. The topological polar surface area (TPSA) is 39.9 Å². The van der Waals surface area contributed by atoms with Gasteiger partial charge in [-0.15, -0.1) is 10.2 Å². The van der Waals surface area contributed by atoms with Gasteiger partial charge in [-0.05, 0) is 12.8 Å². The maximum absolute atomic E-state index is 13.3. The van der Waals surface area contributed by atoms with Gasteiger partial charge in [0, 0.05) is 19.6 Å². The highest BCUT2D eigenvalue weighted by Crippen LogP contribution is 2.46. The van der Waals surface area contributed by atoms with Gasteiger partial charge in [0.25, 0.3) is 0 Å². The van der Waals surface area contributed by atoms with Gasteiger partial charge in [0.05, 0.1) is 17.9 Å². The van der Waals surface area contributed by atoms with Gasteiger partial charge in [-0.25, -0.2) is 0 Å². The second kappa shape index (κ2) is 7.09. The fraction of sp³-hybridized carbons (Fsp3) is 0.846. The van der Waals surface area contributed by atoms with Crippen LogP contribution in [0.25, 0.3) is 0 Å². The molecule has 1 aromatic rings. The van der Waals surface area contributed by atoms with Crippen molar-refractivity contribution < 1.29 is 17.9 Å². The molecule has 1 heterocycles. The predicted molar refractivity (Wildman–Crippen MR) is 75.3 cm³/mol. The van der Waals surface area contributed by atoms with Gasteiger partial charge >= 0.3 is 6.18 Å². The summed E-state index contributed by atoms with van der Waals surface area (Å²) in [5.41, 5.74) is 0. The standard InChI is InChI=1S/C13H19BrF3N3O/c1-21-7-6-20-11(8-14)18-19-12(20)9-4-2-3-5-10(9)13(15,16)17/h9-10H,2-8H2,1H3. The summed E-state index contributed by atoms with van der Waals surface area (Å²) in [6, 6.07) is 0. The minimum absolute atomic E-state index is 0.176. The first-order valence-corrected chi connectivity index (χ1v) is 8.14. The highest BCUT2D eigenvalue weighted by Gasteiger charge is 2.47. The normalized spacial score (nSPS) is 23.5. The third-order valence-electron chi connectivity index (χ3n) is 4.01. The summed E-state index contributed by atoms with van der Waals surface area (Å²) in [6.07, 6.45) is -2.07. The quantitative estimate of drug-likeness (QED) is 0.743. The number of aromatic nitrogens is 3. The molecule has 2 rings (SSSR count). The van der Waals surface area contributed by atoms with E-state index < -0.39 is 18.0 Å². The van der Waals surface area contributed by atoms with Crippen LogP contribution in [0, 0.1) is 5.92 Å². The predicted octanol–water partition coefficient (Wildman–Crippen LogP) is 3.66. The van der Waals surface area contributed by atoms with Gasteiger partial charge in [0.15, 0.2) is 0 Å². The van der Waals surface area contributed by atoms with Crippen molar-refractivity contribution in [2.45, 2.75) is 49.7 Å². The van der Waals surface area contributed by atoms with E-state index in [4.69, 9.17) is 4.74 Å². The summed E-state index contributed by atoms with van der Waals surface area (Å²) < 4.78 is 46.6. The summed E-state index contributed by atoms with van der Waals surface area (Å²) in [5, 5.41) is 8.54. The molecule has 0 bridgehead atoms. The average Bonchev–Trinajstić information content (AvgIpc) is 2.86. The lowest BCUT2D eigenvalue weighted by Gasteiger charge is -2.32. The zero-order chi connectivity index (χ0) is 15.5. The molecule has 1 fully saturated rings. The van der Waals surface area contributed by atoms with Gasteiger partial charge < -0.3 is 9.30 Å². The molecule has 0 aliphatic heterocycles. The lowest BCUT2D eigenvalue weighted by atomic mass is 9.78. The van der Waals surface area contributed by atoms with Gasteiger partial charge in [0.2, 0.25) is 0 Å². The van der Waals surface area contributed by atoms with E-state index in [0.29, 0.717) is 43.0 Å². The molecule has 21 heavy (non-hydrogen) atoms. The summed E-state index contributed by atoms with van der Waals surface area (Å²) in [7, 11) is 1.57. The average molecular weight is 370 g/mol. The number of nitrogens with zero attached hydrogens (tertiary/aromatic N) is 3. The number of hydrogen-bond donors (Lipinski definition) is 0. The Bertz CT molecular complexity index is 464. The molecular formula is C13H19BrF3N3O. The highest BCUT2D eigenvalue weighted by atomic mass is 79.9. The van der Waals surface area contributed by atoms with Crippen molar-refractivity contribution in [3.63, 3.8) is 0 Å². The van der Waals surface area contributed by atoms with Gasteiger partial charge in [-0.3, -0.25) is 0 Å². The summed E-state index contributed by atoms with van der Waals surface area (Å²) in [6.45, 7) is 0.898. The van der Waals surface area contributed by atoms with Crippen LogP contribution in [0.5, 0.6) is 0 Å². The van der Waals surface area contributed by atoms with E-state index in [2.05, 4.69) is 26.1 Å². The molecule has 8 heteroatoms. The maximum Gasteiger partial charge on any atom is 0.392 e. The van der Waals surface area contributed by atoms with E-state index in [1.54, 1.807) is 11.7 Å². The third-order valence-corrected chi connectivity index (χ3v) is 4.51. The third kappa shape index (κ3) is 3.77. The first-order valence-electron chi connectivity index (χ1n) is 7.02. The van der Waals surface area contributed by atoms with Crippen molar-refractivity contribution in [3.8, 4) is 0 Å². The number of alkyl halides is 4. The lowest BCUT2D eigenvalue weighted by molar-refractivity contribution is -0.188. The lowest BCUT2D eigenvalue weighted by Crippen LogP contribution is -2.33. The van der Waals surface area contributed by atoms with Crippen molar-refractivity contribution in [1.29, 1.82) is 0 Å². The van der Waals surface area contributed by atoms with Crippen LogP contribution in [0.1, 0.15) is 43.3 Å². The number of ether oxygens (including phenoxy) is 1. The number of halogens is 4. The van der Waals surface area contributed by atoms with Crippen LogP contribution >= 0.6 is 15.9 Å². The van der Waals surface area contributed by atoms with Gasteiger partial charge in [0.1, 0.15) is 11.6 Å². The number of rotatable bonds is 5. The second-order valence-corrected chi connectivity index (χ2v) is 5.85. The summed E-state index contributed by atoms with van der Waals surface area (Å²) >= 11 is 3.31. The van der Waals surface area contributed by atoms with Crippen LogP contribution in [0.15, 0.2) is 0 Å². The van der Waals surface area contributed by atoms with Crippen molar-refractivity contribution in [3.05, 3.63) is 11.6 Å². The molecule has 0 amide bonds. The highest BCUT2D eigenvalue weighted by molar-refractivity contribution is 9.08. The molecule has 2 unspecified atom stereocenters. The Morgan fingerprint density at radius 2 is 2.00 bits per heavy atom. The van der Waals surface area contributed by atoms with Crippen LogP contribution in [0.2, 0.25) is 0 Å². The Hall–Kier alpha value is -0.630. The molecule has 0 radical (unpaired) electrons. The van der Waals surface area contributed by atoms with Crippen LogP contribution in [0.3, 0.4) is 0 Å². The van der Waals surface area contributed by atoms with Crippen molar-refractivity contribution in [1.82, 2.24) is 14.8 Å². The fourth-order valence-electron chi connectivity index (χ4n) is 2.98. The number of hydrogen-bond acceptors (Lipinski definition) is 3. The van der Waals surface area contributed by atoms with Crippen LogP contribution in [-0.2, 0) is 16.6 Å². The van der Waals surface area contributed by atoms with E-state index >= 15 is 0 Å². The molecule has 0 aromatic carbocycles. The molecule has 1 aliphatic carbocycles.